The number of halogens is 1. The largest absolute Gasteiger partial charge is 0.354 e. The minimum absolute atomic E-state index is 0.103. The van der Waals surface area contributed by atoms with Gasteiger partial charge in [-0.3, -0.25) is 9.80 Å². The maximum Gasteiger partial charge on any atom is 0.145 e. The van der Waals surface area contributed by atoms with Crippen molar-refractivity contribution in [2.45, 2.75) is 32.0 Å². The van der Waals surface area contributed by atoms with Gasteiger partial charge in [-0.2, -0.15) is 0 Å². The fraction of sp³-hybridized carbons (Fsp3) is 0.394. The zero-order chi connectivity index (χ0) is 27.6. The summed E-state index contributed by atoms with van der Waals surface area (Å²) in [7, 11) is 4.33. The first-order valence-electron chi connectivity index (χ1n) is 14.4. The van der Waals surface area contributed by atoms with Crippen molar-refractivity contribution in [2.24, 2.45) is 0 Å². The van der Waals surface area contributed by atoms with Gasteiger partial charge in [0.05, 0.1) is 18.1 Å². The van der Waals surface area contributed by atoms with E-state index >= 15 is 0 Å². The number of hydrogen-bond donors (Lipinski definition) is 0. The van der Waals surface area contributed by atoms with Gasteiger partial charge >= 0.3 is 0 Å². The van der Waals surface area contributed by atoms with E-state index in [2.05, 4.69) is 89.1 Å². The number of nitrogens with zero attached hydrogens (tertiary/aromatic N) is 6. The third-order valence-corrected chi connectivity index (χ3v) is 8.54. The minimum Gasteiger partial charge on any atom is -0.354 e. The lowest BCUT2D eigenvalue weighted by Gasteiger charge is -2.39. The Morgan fingerprint density at radius 1 is 0.850 bits per heavy atom. The Hall–Kier alpha value is -3.39. The summed E-state index contributed by atoms with van der Waals surface area (Å²) in [5.74, 6) is 1.76. The van der Waals surface area contributed by atoms with Crippen LogP contribution in [0.15, 0.2) is 72.8 Å². The van der Waals surface area contributed by atoms with E-state index in [1.54, 1.807) is 12.1 Å². The molecular formula is C33H39FN6. The molecule has 3 heterocycles. The quantitative estimate of drug-likeness (QED) is 0.325. The van der Waals surface area contributed by atoms with Crippen LogP contribution in [0, 0.1) is 12.7 Å². The fourth-order valence-corrected chi connectivity index (χ4v) is 6.16. The Kier molecular flexibility index (Phi) is 7.78. The van der Waals surface area contributed by atoms with E-state index in [0.29, 0.717) is 6.04 Å². The first-order chi connectivity index (χ1) is 19.4. The van der Waals surface area contributed by atoms with Crippen LogP contribution in [0.2, 0.25) is 0 Å². The fourth-order valence-electron chi connectivity index (χ4n) is 6.16. The highest BCUT2D eigenvalue weighted by Gasteiger charge is 2.29. The third-order valence-electron chi connectivity index (χ3n) is 8.54. The van der Waals surface area contributed by atoms with Crippen molar-refractivity contribution in [3.63, 3.8) is 0 Å². The van der Waals surface area contributed by atoms with Gasteiger partial charge in [0.25, 0.3) is 0 Å². The lowest BCUT2D eigenvalue weighted by Crippen LogP contribution is -2.47. The second-order valence-electron chi connectivity index (χ2n) is 11.5. The maximum atomic E-state index is 13.7. The van der Waals surface area contributed by atoms with E-state index < -0.39 is 0 Å². The molecule has 0 radical (unpaired) electrons. The van der Waals surface area contributed by atoms with Gasteiger partial charge in [-0.05, 0) is 62.8 Å². The predicted octanol–water partition coefficient (Wildman–Crippen LogP) is 5.12. The van der Waals surface area contributed by atoms with Crippen molar-refractivity contribution in [1.29, 1.82) is 0 Å². The lowest BCUT2D eigenvalue weighted by atomic mass is 9.95. The normalized spacial score (nSPS) is 19.5. The molecule has 0 spiro atoms. The molecule has 0 bridgehead atoms. The maximum absolute atomic E-state index is 13.7. The topological polar surface area (TPSA) is 38.7 Å². The predicted molar refractivity (Wildman–Crippen MR) is 160 cm³/mol. The molecule has 6 rings (SSSR count). The summed E-state index contributed by atoms with van der Waals surface area (Å²) in [6, 6.07) is 24.8. The number of hydrogen-bond acceptors (Lipinski definition) is 6. The van der Waals surface area contributed by atoms with E-state index in [9.17, 15) is 4.39 Å². The number of aromatic nitrogens is 2. The van der Waals surface area contributed by atoms with Gasteiger partial charge in [-0.1, -0.05) is 54.1 Å². The molecule has 2 atom stereocenters. The molecule has 6 nitrogen and oxygen atoms in total. The van der Waals surface area contributed by atoms with Crippen LogP contribution in [0.3, 0.4) is 0 Å². The summed E-state index contributed by atoms with van der Waals surface area (Å²) < 4.78 is 13.7. The van der Waals surface area contributed by atoms with Crippen molar-refractivity contribution in [3.8, 4) is 0 Å². The monoisotopic (exact) mass is 538 g/mol. The molecule has 208 valence electrons. The van der Waals surface area contributed by atoms with Gasteiger partial charge in [0.15, 0.2) is 0 Å². The molecule has 0 saturated carbocycles. The summed E-state index contributed by atoms with van der Waals surface area (Å²) in [4.78, 5) is 19.9. The zero-order valence-corrected chi connectivity index (χ0v) is 23.8. The van der Waals surface area contributed by atoms with Crippen molar-refractivity contribution >= 4 is 16.7 Å². The van der Waals surface area contributed by atoms with Gasteiger partial charge in [-0.25, -0.2) is 14.4 Å². The van der Waals surface area contributed by atoms with Crippen LogP contribution in [0.1, 0.15) is 35.0 Å². The number of para-hydroxylation sites is 1. The number of anilines is 1. The van der Waals surface area contributed by atoms with Gasteiger partial charge < -0.3 is 9.80 Å². The smallest absolute Gasteiger partial charge is 0.145 e. The molecule has 4 aromatic rings. The van der Waals surface area contributed by atoms with Crippen molar-refractivity contribution in [1.82, 2.24) is 24.7 Å². The van der Waals surface area contributed by atoms with E-state index in [0.717, 1.165) is 80.3 Å². The molecule has 2 unspecified atom stereocenters. The first kappa shape index (κ1) is 26.8. The van der Waals surface area contributed by atoms with E-state index in [4.69, 9.17) is 9.97 Å². The second kappa shape index (κ2) is 11.6. The summed E-state index contributed by atoms with van der Waals surface area (Å²) in [5, 5.41) is 1.13. The first-order valence-corrected chi connectivity index (χ1v) is 14.4. The van der Waals surface area contributed by atoms with Crippen LogP contribution in [0.4, 0.5) is 10.2 Å². The third kappa shape index (κ3) is 5.73. The molecule has 2 saturated heterocycles. The molecule has 2 aliphatic heterocycles. The molecular weight excluding hydrogens is 499 g/mol. The van der Waals surface area contributed by atoms with Crippen molar-refractivity contribution < 1.29 is 4.39 Å². The Morgan fingerprint density at radius 3 is 2.20 bits per heavy atom. The Morgan fingerprint density at radius 2 is 1.52 bits per heavy atom. The highest BCUT2D eigenvalue weighted by Crippen LogP contribution is 2.31. The van der Waals surface area contributed by atoms with Crippen molar-refractivity contribution in [2.75, 3.05) is 58.3 Å². The van der Waals surface area contributed by atoms with Gasteiger partial charge in [0.1, 0.15) is 17.5 Å². The van der Waals surface area contributed by atoms with Gasteiger partial charge in [0.2, 0.25) is 0 Å². The Labute approximate surface area is 237 Å². The number of likely N-dealkylation sites (N-methyl/N-ethyl adjacent to an activating group) is 1. The van der Waals surface area contributed by atoms with Crippen LogP contribution in [-0.2, 0) is 6.54 Å². The summed E-state index contributed by atoms with van der Waals surface area (Å²) in [5.41, 5.74) is 4.63. The van der Waals surface area contributed by atoms with E-state index in [1.807, 2.05) is 12.1 Å². The van der Waals surface area contributed by atoms with Crippen LogP contribution in [0.5, 0.6) is 0 Å². The summed E-state index contributed by atoms with van der Waals surface area (Å²) >= 11 is 0. The Balaban J connectivity index is 1.19. The number of rotatable bonds is 7. The highest BCUT2D eigenvalue weighted by molar-refractivity contribution is 5.89. The molecule has 3 aromatic carbocycles. The number of piperazine rings is 1. The number of benzene rings is 3. The SMILES string of the molecule is Cc1ccc(C(c2ccc(F)cc2)N2CCN(Cc3nc(N4CCC(N(C)C)C4)c4ccccc4n3)CC2)cc1. The lowest BCUT2D eigenvalue weighted by molar-refractivity contribution is 0.103. The standard InChI is InChI=1S/C33H39FN6/c1-24-8-10-25(11-9-24)32(26-12-14-27(34)15-13-26)39-20-18-38(19-21-39)23-31-35-30-7-5-4-6-29(30)33(36-31)40-17-16-28(22-40)37(2)3/h4-15,28,32H,16-23H2,1-3H3. The molecule has 0 N–H and O–H groups in total. The van der Waals surface area contributed by atoms with Crippen molar-refractivity contribution in [3.05, 3.63) is 101 Å². The average molecular weight is 539 g/mol. The van der Waals surface area contributed by atoms with Crippen LogP contribution < -0.4 is 4.90 Å². The molecule has 0 aliphatic carbocycles. The molecule has 2 aliphatic rings. The molecule has 2 fully saturated rings. The van der Waals surface area contributed by atoms with E-state index in [-0.39, 0.29) is 11.9 Å². The van der Waals surface area contributed by atoms with Gasteiger partial charge in [-0.15, -0.1) is 0 Å². The second-order valence-corrected chi connectivity index (χ2v) is 11.5. The van der Waals surface area contributed by atoms with Crippen LogP contribution in [0.25, 0.3) is 10.9 Å². The van der Waals surface area contributed by atoms with Gasteiger partial charge in [0, 0.05) is 50.7 Å². The summed E-state index contributed by atoms with van der Waals surface area (Å²) in [6.07, 6.45) is 1.15. The van der Waals surface area contributed by atoms with Crippen LogP contribution >= 0.6 is 0 Å². The number of fused-ring (bicyclic) bond motifs is 1. The molecule has 7 heteroatoms. The Bertz CT molecular complexity index is 1380. The summed E-state index contributed by atoms with van der Waals surface area (Å²) in [6.45, 7) is 8.58. The zero-order valence-electron chi connectivity index (χ0n) is 23.8. The molecule has 1 aromatic heterocycles. The van der Waals surface area contributed by atoms with E-state index in [1.165, 1.54) is 11.1 Å². The highest BCUT2D eigenvalue weighted by atomic mass is 19.1. The average Bonchev–Trinajstić information content (AvgIpc) is 3.47. The van der Waals surface area contributed by atoms with Crippen LogP contribution in [-0.4, -0.2) is 84.1 Å². The molecule has 40 heavy (non-hydrogen) atoms. The minimum atomic E-state index is -0.197. The molecule has 0 amide bonds. The number of aryl methyl sites for hydroxylation is 1.